The third-order valence-corrected chi connectivity index (χ3v) is 5.22. The van der Waals surface area contributed by atoms with Crippen molar-refractivity contribution in [1.29, 1.82) is 0 Å². The number of ketones is 1. The van der Waals surface area contributed by atoms with E-state index in [1.54, 1.807) is 41.8 Å². The maximum Gasteiger partial charge on any atom is 0.264 e. The molecule has 0 unspecified atom stereocenters. The molecule has 0 aliphatic rings. The van der Waals surface area contributed by atoms with Crippen molar-refractivity contribution in [2.75, 3.05) is 22.3 Å². The average Bonchev–Trinajstić information content (AvgIpc) is 3.31. The number of Topliss-reactive ketones (excluding diaryl/α,β-unsaturated/α-hetero) is 1. The van der Waals surface area contributed by atoms with Crippen LogP contribution in [0.25, 0.3) is 0 Å². The Hall–Kier alpha value is -3.18. The standard InChI is InChI=1S/C17H17N7O2S2/c1-11(25)12-4-6-13(7-5-12)20-15(26)10-28-17-23-22-16(24(17)18)21-19-9-14-3-2-8-27-14/h2-9H,10,18H2,1H3,(H,20,26)(H,21,22)/b19-9+. The van der Waals surface area contributed by atoms with Crippen LogP contribution >= 0.6 is 23.1 Å². The highest BCUT2D eigenvalue weighted by Crippen LogP contribution is 2.17. The van der Waals surface area contributed by atoms with Crippen molar-refractivity contribution >= 4 is 52.6 Å². The van der Waals surface area contributed by atoms with Gasteiger partial charge in [-0.25, -0.2) is 10.1 Å². The Kier molecular flexibility index (Phi) is 6.40. The van der Waals surface area contributed by atoms with Crippen molar-refractivity contribution in [2.24, 2.45) is 5.10 Å². The van der Waals surface area contributed by atoms with E-state index in [0.717, 1.165) is 16.6 Å². The van der Waals surface area contributed by atoms with Gasteiger partial charge in [0.25, 0.3) is 5.95 Å². The molecule has 0 saturated heterocycles. The number of benzene rings is 1. The first-order valence-electron chi connectivity index (χ1n) is 8.09. The van der Waals surface area contributed by atoms with Gasteiger partial charge in [0.05, 0.1) is 12.0 Å². The number of carbonyl (C=O) groups is 2. The van der Waals surface area contributed by atoms with Gasteiger partial charge in [-0.1, -0.05) is 17.8 Å². The van der Waals surface area contributed by atoms with Crippen molar-refractivity contribution in [3.8, 4) is 0 Å². The first-order valence-corrected chi connectivity index (χ1v) is 9.96. The molecule has 2 heterocycles. The number of nitrogens with one attached hydrogen (secondary N) is 2. The Balaban J connectivity index is 1.50. The zero-order valence-corrected chi connectivity index (χ0v) is 16.5. The van der Waals surface area contributed by atoms with E-state index in [9.17, 15) is 9.59 Å². The van der Waals surface area contributed by atoms with E-state index in [0.29, 0.717) is 16.4 Å². The maximum absolute atomic E-state index is 12.1. The Labute approximate surface area is 169 Å². The van der Waals surface area contributed by atoms with Gasteiger partial charge in [0.2, 0.25) is 11.1 Å². The molecule has 0 atom stereocenters. The number of hydrogen-bond donors (Lipinski definition) is 3. The number of nitrogens with two attached hydrogens (primary N) is 1. The maximum atomic E-state index is 12.1. The molecule has 3 aromatic rings. The summed E-state index contributed by atoms with van der Waals surface area (Å²) in [4.78, 5) is 24.3. The number of aromatic nitrogens is 3. The molecule has 144 valence electrons. The number of nitrogens with zero attached hydrogens (tertiary/aromatic N) is 4. The van der Waals surface area contributed by atoms with Crippen molar-refractivity contribution in [1.82, 2.24) is 14.9 Å². The highest BCUT2D eigenvalue weighted by atomic mass is 32.2. The lowest BCUT2D eigenvalue weighted by Gasteiger charge is -2.06. The lowest BCUT2D eigenvalue weighted by molar-refractivity contribution is -0.113. The molecule has 11 heteroatoms. The molecule has 4 N–H and O–H groups in total. The fraction of sp³-hybridized carbons (Fsp3) is 0.118. The van der Waals surface area contributed by atoms with Crippen LogP contribution in [0.1, 0.15) is 22.2 Å². The molecule has 0 radical (unpaired) electrons. The normalized spacial score (nSPS) is 10.9. The van der Waals surface area contributed by atoms with E-state index in [-0.39, 0.29) is 23.4 Å². The van der Waals surface area contributed by atoms with Gasteiger partial charge in [0, 0.05) is 16.1 Å². The molecular formula is C17H17N7O2S2. The minimum atomic E-state index is -0.228. The Morgan fingerprint density at radius 1 is 1.29 bits per heavy atom. The summed E-state index contributed by atoms with van der Waals surface area (Å²) in [6.45, 7) is 1.49. The number of anilines is 2. The summed E-state index contributed by atoms with van der Waals surface area (Å²) in [6.07, 6.45) is 1.65. The molecule has 9 nitrogen and oxygen atoms in total. The molecule has 1 aromatic carbocycles. The van der Waals surface area contributed by atoms with Gasteiger partial charge in [-0.05, 0) is 42.6 Å². The largest absolute Gasteiger partial charge is 0.334 e. The van der Waals surface area contributed by atoms with Gasteiger partial charge >= 0.3 is 0 Å². The molecule has 0 fully saturated rings. The molecule has 28 heavy (non-hydrogen) atoms. The van der Waals surface area contributed by atoms with E-state index in [4.69, 9.17) is 5.84 Å². The predicted molar refractivity (Wildman–Crippen MR) is 112 cm³/mol. The van der Waals surface area contributed by atoms with Gasteiger partial charge in [0.1, 0.15) is 0 Å². The van der Waals surface area contributed by atoms with E-state index in [2.05, 4.69) is 26.0 Å². The van der Waals surface area contributed by atoms with Crippen molar-refractivity contribution in [3.05, 3.63) is 52.2 Å². The molecule has 0 spiro atoms. The SMILES string of the molecule is CC(=O)c1ccc(NC(=O)CSc2nnc(N/N=C/c3cccs3)n2N)cc1. The molecule has 0 saturated carbocycles. The van der Waals surface area contributed by atoms with Gasteiger partial charge in [-0.3, -0.25) is 9.59 Å². The monoisotopic (exact) mass is 415 g/mol. The Morgan fingerprint density at radius 2 is 2.07 bits per heavy atom. The van der Waals surface area contributed by atoms with Crippen molar-refractivity contribution in [3.63, 3.8) is 0 Å². The number of thiophene rings is 1. The summed E-state index contributed by atoms with van der Waals surface area (Å²) in [6, 6.07) is 10.5. The summed E-state index contributed by atoms with van der Waals surface area (Å²) >= 11 is 2.70. The lowest BCUT2D eigenvalue weighted by Crippen LogP contribution is -2.17. The second kappa shape index (κ2) is 9.15. The second-order valence-electron chi connectivity index (χ2n) is 5.53. The predicted octanol–water partition coefficient (Wildman–Crippen LogP) is 2.43. The van der Waals surface area contributed by atoms with Gasteiger partial charge in [-0.15, -0.1) is 21.5 Å². The zero-order chi connectivity index (χ0) is 19.9. The van der Waals surface area contributed by atoms with Crippen LogP contribution in [0.4, 0.5) is 11.6 Å². The molecule has 0 bridgehead atoms. The van der Waals surface area contributed by atoms with E-state index < -0.39 is 0 Å². The van der Waals surface area contributed by atoms with E-state index in [1.165, 1.54) is 11.6 Å². The van der Waals surface area contributed by atoms with E-state index in [1.807, 2.05) is 17.5 Å². The molecule has 0 aliphatic carbocycles. The van der Waals surface area contributed by atoms with Gasteiger partial charge in [0.15, 0.2) is 5.78 Å². The van der Waals surface area contributed by atoms with Crippen LogP contribution in [-0.2, 0) is 4.79 Å². The molecule has 0 aliphatic heterocycles. The Bertz CT molecular complexity index is 982. The third kappa shape index (κ3) is 5.18. The highest BCUT2D eigenvalue weighted by molar-refractivity contribution is 7.99. The number of rotatable bonds is 8. The van der Waals surface area contributed by atoms with Crippen LogP contribution < -0.4 is 16.6 Å². The number of thioether (sulfide) groups is 1. The number of carbonyl (C=O) groups excluding carboxylic acids is 2. The number of hydrogen-bond acceptors (Lipinski definition) is 9. The summed E-state index contributed by atoms with van der Waals surface area (Å²) in [7, 11) is 0. The van der Waals surface area contributed by atoms with Crippen molar-refractivity contribution in [2.45, 2.75) is 12.1 Å². The minimum absolute atomic E-state index is 0.0279. The summed E-state index contributed by atoms with van der Waals surface area (Å²) in [5.41, 5.74) is 3.91. The molecular weight excluding hydrogens is 398 g/mol. The highest BCUT2D eigenvalue weighted by Gasteiger charge is 2.12. The van der Waals surface area contributed by atoms with Crippen LogP contribution in [0.5, 0.6) is 0 Å². The van der Waals surface area contributed by atoms with Crippen LogP contribution in [0, 0.1) is 0 Å². The number of hydrazone groups is 1. The van der Waals surface area contributed by atoms with E-state index >= 15 is 0 Å². The summed E-state index contributed by atoms with van der Waals surface area (Å²) in [5.74, 6) is 6.02. The topological polar surface area (TPSA) is 127 Å². The summed E-state index contributed by atoms with van der Waals surface area (Å²) < 4.78 is 1.23. The van der Waals surface area contributed by atoms with Gasteiger partial charge in [-0.2, -0.15) is 5.10 Å². The quantitative estimate of drug-likeness (QED) is 0.169. The minimum Gasteiger partial charge on any atom is -0.334 e. The second-order valence-corrected chi connectivity index (χ2v) is 7.45. The average molecular weight is 416 g/mol. The van der Waals surface area contributed by atoms with Crippen LogP contribution in [-0.4, -0.2) is 38.5 Å². The molecule has 3 rings (SSSR count). The lowest BCUT2D eigenvalue weighted by atomic mass is 10.1. The van der Waals surface area contributed by atoms with Gasteiger partial charge < -0.3 is 11.2 Å². The first-order chi connectivity index (χ1) is 13.5. The third-order valence-electron chi connectivity index (χ3n) is 3.47. The first kappa shape index (κ1) is 19.6. The van der Waals surface area contributed by atoms with Crippen LogP contribution in [0.2, 0.25) is 0 Å². The van der Waals surface area contributed by atoms with Crippen LogP contribution in [0.15, 0.2) is 52.0 Å². The fourth-order valence-electron chi connectivity index (χ4n) is 2.09. The van der Waals surface area contributed by atoms with Crippen molar-refractivity contribution < 1.29 is 9.59 Å². The number of nitrogen functional groups attached to an aromatic ring is 1. The zero-order valence-electron chi connectivity index (χ0n) is 14.8. The Morgan fingerprint density at radius 3 is 2.75 bits per heavy atom. The molecule has 2 aromatic heterocycles. The fourth-order valence-corrected chi connectivity index (χ4v) is 3.33. The smallest absolute Gasteiger partial charge is 0.264 e. The van der Waals surface area contributed by atoms with Crippen LogP contribution in [0.3, 0.4) is 0 Å². The summed E-state index contributed by atoms with van der Waals surface area (Å²) in [5, 5.41) is 17.0. The number of amides is 1. The molecule has 1 amide bonds.